The van der Waals surface area contributed by atoms with E-state index in [9.17, 15) is 10.1 Å². The predicted octanol–water partition coefficient (Wildman–Crippen LogP) is 2.74. The molecule has 1 aromatic rings. The fourth-order valence-corrected chi connectivity index (χ4v) is 4.10. The number of nitriles is 1. The number of allylic oxidation sites excluding steroid dienone is 1. The summed E-state index contributed by atoms with van der Waals surface area (Å²) in [6.45, 7) is 7.72. The van der Waals surface area contributed by atoms with Crippen molar-refractivity contribution in [2.24, 2.45) is 16.6 Å². The molecule has 0 bridgehead atoms. The molecule has 2 aliphatic heterocycles. The first-order valence-electron chi connectivity index (χ1n) is 9.54. The zero-order valence-electron chi connectivity index (χ0n) is 17.3. The molecule has 2 aliphatic rings. The quantitative estimate of drug-likeness (QED) is 0.816. The first-order valence-corrected chi connectivity index (χ1v) is 9.54. The van der Waals surface area contributed by atoms with Gasteiger partial charge in [0.25, 0.3) is 0 Å². The molecule has 0 saturated carbocycles. The predicted molar refractivity (Wildman–Crippen MR) is 110 cm³/mol. The summed E-state index contributed by atoms with van der Waals surface area (Å²) in [7, 11) is 1.55. The number of primary amides is 1. The molecule has 1 amide bonds. The van der Waals surface area contributed by atoms with E-state index in [4.69, 9.17) is 15.2 Å². The topological polar surface area (TPSA) is 110 Å². The number of benzene rings is 1. The van der Waals surface area contributed by atoms with Gasteiger partial charge in [0.05, 0.1) is 36.8 Å². The van der Waals surface area contributed by atoms with Gasteiger partial charge in [-0.2, -0.15) is 5.26 Å². The molecule has 29 heavy (non-hydrogen) atoms. The van der Waals surface area contributed by atoms with E-state index < -0.39 is 11.8 Å². The number of amides is 1. The van der Waals surface area contributed by atoms with Gasteiger partial charge in [0, 0.05) is 29.0 Å². The monoisotopic (exact) mass is 394 g/mol. The number of hydrogen-bond donors (Lipinski definition) is 2. The number of hydrogen-bond acceptors (Lipinski definition) is 6. The molecule has 0 spiro atoms. The van der Waals surface area contributed by atoms with Crippen molar-refractivity contribution < 1.29 is 14.3 Å². The summed E-state index contributed by atoms with van der Waals surface area (Å²) in [5, 5.41) is 12.7. The van der Waals surface area contributed by atoms with Crippen LogP contribution in [0, 0.1) is 17.2 Å². The van der Waals surface area contributed by atoms with Crippen LogP contribution >= 0.6 is 0 Å². The summed E-state index contributed by atoms with van der Waals surface area (Å²) in [4.78, 5) is 17.0. The third-order valence-electron chi connectivity index (χ3n) is 5.30. The van der Waals surface area contributed by atoms with Crippen LogP contribution in [0.2, 0.25) is 0 Å². The first-order chi connectivity index (χ1) is 13.8. The summed E-state index contributed by atoms with van der Waals surface area (Å²) < 4.78 is 11.6. The number of carbonyl (C=O) groups excluding carboxylic acids is 1. The van der Waals surface area contributed by atoms with Gasteiger partial charge in [-0.05, 0) is 45.4 Å². The molecule has 7 nitrogen and oxygen atoms in total. The number of rotatable bonds is 4. The molecular formula is C22H26N4O3. The number of ether oxygens (including phenoxy) is 2. The lowest BCUT2D eigenvalue weighted by Crippen LogP contribution is -2.51. The Hall–Kier alpha value is -3.27. The largest absolute Gasteiger partial charge is 0.496 e. The number of nitrogens with two attached hydrogens (primary N) is 1. The van der Waals surface area contributed by atoms with Crippen molar-refractivity contribution in [2.45, 2.75) is 45.8 Å². The van der Waals surface area contributed by atoms with Gasteiger partial charge in [-0.1, -0.05) is 6.07 Å². The Morgan fingerprint density at radius 1 is 1.34 bits per heavy atom. The van der Waals surface area contributed by atoms with Gasteiger partial charge in [0.15, 0.2) is 5.90 Å². The minimum Gasteiger partial charge on any atom is -0.496 e. The highest BCUT2D eigenvalue weighted by Crippen LogP contribution is 2.46. The van der Waals surface area contributed by atoms with E-state index in [2.05, 4.69) is 16.4 Å². The van der Waals surface area contributed by atoms with Gasteiger partial charge >= 0.3 is 0 Å². The lowest BCUT2D eigenvalue weighted by atomic mass is 9.70. The second kappa shape index (κ2) is 8.00. The van der Waals surface area contributed by atoms with Gasteiger partial charge in [-0.3, -0.25) is 4.79 Å². The molecule has 7 heteroatoms. The summed E-state index contributed by atoms with van der Waals surface area (Å²) in [6, 6.07) is 7.23. The molecule has 3 atom stereocenters. The minimum atomic E-state index is -0.513. The number of carbonyl (C=O) groups is 1. The number of aliphatic imine (C=N–C) groups is 1. The summed E-state index contributed by atoms with van der Waals surface area (Å²) in [5.41, 5.74) is 9.27. The average molecular weight is 394 g/mol. The molecule has 3 unspecified atom stereocenters. The summed E-state index contributed by atoms with van der Waals surface area (Å²) in [5.74, 6) is -0.151. The average Bonchev–Trinajstić information content (AvgIpc) is 2.68. The van der Waals surface area contributed by atoms with Crippen molar-refractivity contribution in [2.75, 3.05) is 7.11 Å². The Labute approximate surface area is 170 Å². The van der Waals surface area contributed by atoms with Crippen LogP contribution in [0.4, 0.5) is 0 Å². The van der Waals surface area contributed by atoms with Crippen LogP contribution in [0.15, 0.2) is 46.2 Å². The number of nitrogens with zero attached hydrogens (tertiary/aromatic N) is 2. The molecule has 0 aliphatic carbocycles. The minimum absolute atomic E-state index is 0.0752. The van der Waals surface area contributed by atoms with Crippen LogP contribution < -0.4 is 15.8 Å². The fourth-order valence-electron chi connectivity index (χ4n) is 4.10. The van der Waals surface area contributed by atoms with Crippen LogP contribution in [0.1, 0.15) is 44.7 Å². The van der Waals surface area contributed by atoms with E-state index in [1.54, 1.807) is 25.4 Å². The Morgan fingerprint density at radius 2 is 2.07 bits per heavy atom. The molecule has 2 heterocycles. The maximum atomic E-state index is 12.5. The molecule has 1 aromatic carbocycles. The maximum absolute atomic E-state index is 12.5. The highest BCUT2D eigenvalue weighted by Gasteiger charge is 2.46. The molecule has 0 saturated heterocycles. The zero-order chi connectivity index (χ0) is 21.3. The van der Waals surface area contributed by atoms with E-state index in [-0.39, 0.29) is 18.1 Å². The second-order valence-electron chi connectivity index (χ2n) is 7.60. The van der Waals surface area contributed by atoms with E-state index >= 15 is 0 Å². The standard InChI is InChI=1S/C22H26N4O3/c1-11(2)29-22-19-18(15-7-6-14(9-23)8-16(15)28-5)17(21(24)27)13(4)26-20(19)12(3)10-25-22/h6-8,10-11,18-20,26H,1-5H3,(H2,24,27). The summed E-state index contributed by atoms with van der Waals surface area (Å²) in [6.07, 6.45) is 1.72. The van der Waals surface area contributed by atoms with E-state index in [0.717, 1.165) is 11.1 Å². The summed E-state index contributed by atoms with van der Waals surface area (Å²) >= 11 is 0. The SMILES string of the molecule is COc1cc(C#N)ccc1C1C(C(N)=O)=C(C)NC2C(C)=CN=C(OC(C)C)C21. The van der Waals surface area contributed by atoms with Gasteiger partial charge in [0.1, 0.15) is 5.75 Å². The number of nitrogens with one attached hydrogen (secondary N) is 1. The lowest BCUT2D eigenvalue weighted by Gasteiger charge is -2.43. The van der Waals surface area contributed by atoms with Crippen LogP contribution in [0.25, 0.3) is 0 Å². The van der Waals surface area contributed by atoms with Crippen molar-refractivity contribution in [1.82, 2.24) is 5.32 Å². The Balaban J connectivity index is 2.25. The highest BCUT2D eigenvalue weighted by molar-refractivity contribution is 5.97. The van der Waals surface area contributed by atoms with Gasteiger partial charge in [0.2, 0.25) is 5.91 Å². The van der Waals surface area contributed by atoms with Crippen LogP contribution in [0.3, 0.4) is 0 Å². The number of fused-ring (bicyclic) bond motifs is 1. The van der Waals surface area contributed by atoms with Crippen molar-refractivity contribution in [3.8, 4) is 11.8 Å². The molecular weight excluding hydrogens is 368 g/mol. The van der Waals surface area contributed by atoms with E-state index in [1.165, 1.54) is 0 Å². The maximum Gasteiger partial charge on any atom is 0.247 e. The van der Waals surface area contributed by atoms with Crippen LogP contribution in [-0.4, -0.2) is 31.1 Å². The third kappa shape index (κ3) is 3.70. The van der Waals surface area contributed by atoms with Gasteiger partial charge < -0.3 is 20.5 Å². The van der Waals surface area contributed by atoms with Crippen LogP contribution in [0.5, 0.6) is 5.75 Å². The van der Waals surface area contributed by atoms with Gasteiger partial charge in [-0.15, -0.1) is 0 Å². The smallest absolute Gasteiger partial charge is 0.247 e. The van der Waals surface area contributed by atoms with Crippen molar-refractivity contribution in [1.29, 1.82) is 5.26 Å². The first kappa shape index (κ1) is 20.5. The molecule has 0 fully saturated rings. The van der Waals surface area contributed by atoms with Gasteiger partial charge in [-0.25, -0.2) is 4.99 Å². The molecule has 3 N–H and O–H groups in total. The molecule has 0 aromatic heterocycles. The second-order valence-corrected chi connectivity index (χ2v) is 7.60. The highest BCUT2D eigenvalue weighted by atomic mass is 16.5. The van der Waals surface area contributed by atoms with Crippen molar-refractivity contribution >= 4 is 11.8 Å². The normalized spacial score (nSPS) is 23.4. The van der Waals surface area contributed by atoms with Crippen LogP contribution in [-0.2, 0) is 9.53 Å². The van der Waals surface area contributed by atoms with Crippen molar-refractivity contribution in [3.05, 3.63) is 52.4 Å². The Morgan fingerprint density at radius 3 is 2.66 bits per heavy atom. The molecule has 3 rings (SSSR count). The Bertz CT molecular complexity index is 969. The molecule has 152 valence electrons. The lowest BCUT2D eigenvalue weighted by molar-refractivity contribution is -0.115. The number of methoxy groups -OCH3 is 1. The van der Waals surface area contributed by atoms with E-state index in [1.807, 2.05) is 33.8 Å². The molecule has 0 radical (unpaired) electrons. The fraction of sp³-hybridized carbons (Fsp3) is 0.409. The van der Waals surface area contributed by atoms with E-state index in [0.29, 0.717) is 28.5 Å². The Kier molecular flexibility index (Phi) is 5.64. The van der Waals surface area contributed by atoms with Crippen molar-refractivity contribution in [3.63, 3.8) is 0 Å². The third-order valence-corrected chi connectivity index (χ3v) is 5.30. The zero-order valence-corrected chi connectivity index (χ0v) is 17.3.